The first-order valence-corrected chi connectivity index (χ1v) is 6.61. The number of rotatable bonds is 4. The number of nitro benzene ring substituents is 1. The molecular formula is C13H8Cl3NO3. The number of hydrogen-bond donors (Lipinski definition) is 0. The molecule has 0 heterocycles. The van der Waals surface area contributed by atoms with Gasteiger partial charge in [-0.05, 0) is 29.8 Å². The Labute approximate surface area is 130 Å². The Morgan fingerprint density at radius 2 is 1.80 bits per heavy atom. The number of hydrogen-bond acceptors (Lipinski definition) is 3. The van der Waals surface area contributed by atoms with Crippen LogP contribution in [0.4, 0.5) is 5.69 Å². The highest BCUT2D eigenvalue weighted by atomic mass is 35.5. The molecule has 0 spiro atoms. The molecule has 0 fully saturated rings. The summed E-state index contributed by atoms with van der Waals surface area (Å²) in [5.74, 6) is 0.452. The Bertz CT molecular complexity index is 661. The Balaban J connectivity index is 2.15. The molecule has 0 amide bonds. The number of nitrogens with zero attached hydrogens (tertiary/aromatic N) is 1. The summed E-state index contributed by atoms with van der Waals surface area (Å²) in [5, 5.41) is 11.8. The lowest BCUT2D eigenvalue weighted by atomic mass is 10.2. The molecule has 0 saturated heterocycles. The molecule has 0 atom stereocenters. The second kappa shape index (κ2) is 6.31. The summed E-state index contributed by atoms with van der Waals surface area (Å²) in [4.78, 5) is 10.2. The van der Waals surface area contributed by atoms with Crippen LogP contribution >= 0.6 is 34.8 Å². The zero-order valence-electron chi connectivity index (χ0n) is 9.98. The second-order valence-corrected chi connectivity index (χ2v) is 5.16. The van der Waals surface area contributed by atoms with E-state index in [1.54, 1.807) is 24.3 Å². The summed E-state index contributed by atoms with van der Waals surface area (Å²) in [6, 6.07) is 9.32. The van der Waals surface area contributed by atoms with Crippen LogP contribution in [-0.4, -0.2) is 4.92 Å². The molecule has 2 aromatic carbocycles. The third-order valence-corrected chi connectivity index (χ3v) is 3.35. The van der Waals surface area contributed by atoms with Crippen LogP contribution in [-0.2, 0) is 6.61 Å². The summed E-state index contributed by atoms with van der Waals surface area (Å²) in [5.41, 5.74) is 0.460. The van der Waals surface area contributed by atoms with Crippen LogP contribution in [0.25, 0.3) is 0 Å². The van der Waals surface area contributed by atoms with Gasteiger partial charge in [-0.15, -0.1) is 0 Å². The van der Waals surface area contributed by atoms with E-state index in [1.165, 1.54) is 12.1 Å². The van der Waals surface area contributed by atoms with Crippen LogP contribution in [0.2, 0.25) is 15.1 Å². The van der Waals surface area contributed by atoms with E-state index < -0.39 is 4.92 Å². The van der Waals surface area contributed by atoms with Crippen LogP contribution < -0.4 is 4.74 Å². The lowest BCUT2D eigenvalue weighted by Crippen LogP contribution is -1.98. The molecule has 0 saturated carbocycles. The monoisotopic (exact) mass is 331 g/mol. The molecule has 0 N–H and O–H groups in total. The Kier molecular flexibility index (Phi) is 4.70. The maximum absolute atomic E-state index is 10.8. The van der Waals surface area contributed by atoms with Gasteiger partial charge in [0.15, 0.2) is 0 Å². The Morgan fingerprint density at radius 3 is 2.45 bits per heavy atom. The van der Waals surface area contributed by atoms with E-state index in [0.717, 1.165) is 0 Å². The van der Waals surface area contributed by atoms with E-state index in [9.17, 15) is 10.1 Å². The molecule has 2 rings (SSSR count). The third-order valence-electron chi connectivity index (χ3n) is 2.50. The highest BCUT2D eigenvalue weighted by molar-refractivity contribution is 6.35. The van der Waals surface area contributed by atoms with Gasteiger partial charge in [0, 0.05) is 11.1 Å². The maximum atomic E-state index is 10.8. The number of benzene rings is 2. The van der Waals surface area contributed by atoms with Crippen LogP contribution in [0, 0.1) is 10.1 Å². The molecule has 0 radical (unpaired) electrons. The van der Waals surface area contributed by atoms with Crippen molar-refractivity contribution in [2.24, 2.45) is 0 Å². The second-order valence-electron chi connectivity index (χ2n) is 3.91. The first-order chi connectivity index (χ1) is 9.47. The van der Waals surface area contributed by atoms with Crippen molar-refractivity contribution >= 4 is 40.5 Å². The standard InChI is InChI=1S/C13H8Cl3NO3/c14-9-2-4-13(11(16)6-9)20-7-8-1-3-10(15)12(5-8)17(18)19/h1-6H,7H2. The maximum Gasteiger partial charge on any atom is 0.288 e. The van der Waals surface area contributed by atoms with Gasteiger partial charge in [0.25, 0.3) is 5.69 Å². The molecule has 2 aromatic rings. The van der Waals surface area contributed by atoms with Crippen LogP contribution in [0.15, 0.2) is 36.4 Å². The van der Waals surface area contributed by atoms with Gasteiger partial charge < -0.3 is 4.74 Å². The fourth-order valence-electron chi connectivity index (χ4n) is 1.54. The van der Waals surface area contributed by atoms with Gasteiger partial charge in [0.1, 0.15) is 17.4 Å². The van der Waals surface area contributed by atoms with E-state index in [-0.39, 0.29) is 17.3 Å². The summed E-state index contributed by atoms with van der Waals surface area (Å²) < 4.78 is 5.50. The number of nitro groups is 1. The lowest BCUT2D eigenvalue weighted by molar-refractivity contribution is -0.384. The van der Waals surface area contributed by atoms with Crippen molar-refractivity contribution in [1.29, 1.82) is 0 Å². The largest absolute Gasteiger partial charge is 0.487 e. The number of ether oxygens (including phenoxy) is 1. The molecule has 0 aliphatic heterocycles. The Morgan fingerprint density at radius 1 is 1.05 bits per heavy atom. The van der Waals surface area contributed by atoms with Gasteiger partial charge in [-0.3, -0.25) is 10.1 Å². The topological polar surface area (TPSA) is 52.4 Å². The first-order valence-electron chi connectivity index (χ1n) is 5.48. The van der Waals surface area contributed by atoms with E-state index >= 15 is 0 Å². The summed E-state index contributed by atoms with van der Waals surface area (Å²) in [6.45, 7) is 0.138. The molecule has 20 heavy (non-hydrogen) atoms. The fourth-order valence-corrected chi connectivity index (χ4v) is 2.19. The van der Waals surface area contributed by atoms with Gasteiger partial charge in [0.05, 0.1) is 9.95 Å². The molecule has 7 heteroatoms. The minimum absolute atomic E-state index is 0.0864. The molecule has 0 bridgehead atoms. The zero-order valence-corrected chi connectivity index (χ0v) is 12.2. The summed E-state index contributed by atoms with van der Waals surface area (Å²) in [7, 11) is 0. The van der Waals surface area contributed by atoms with Crippen LogP contribution in [0.3, 0.4) is 0 Å². The van der Waals surface area contributed by atoms with Crippen molar-refractivity contribution in [2.45, 2.75) is 6.61 Å². The average Bonchev–Trinajstić information content (AvgIpc) is 2.39. The van der Waals surface area contributed by atoms with Crippen LogP contribution in [0.1, 0.15) is 5.56 Å². The van der Waals surface area contributed by atoms with Gasteiger partial charge in [-0.25, -0.2) is 0 Å². The molecule has 4 nitrogen and oxygen atoms in total. The van der Waals surface area contributed by atoms with Crippen LogP contribution in [0.5, 0.6) is 5.75 Å². The van der Waals surface area contributed by atoms with Crippen molar-refractivity contribution in [2.75, 3.05) is 0 Å². The van der Waals surface area contributed by atoms with E-state index in [4.69, 9.17) is 39.5 Å². The van der Waals surface area contributed by atoms with Crippen molar-refractivity contribution in [3.63, 3.8) is 0 Å². The SMILES string of the molecule is O=[N+]([O-])c1cc(COc2ccc(Cl)cc2Cl)ccc1Cl. The summed E-state index contributed by atoms with van der Waals surface area (Å²) >= 11 is 17.5. The fraction of sp³-hybridized carbons (Fsp3) is 0.0769. The smallest absolute Gasteiger partial charge is 0.288 e. The minimum atomic E-state index is -0.541. The molecule has 0 unspecified atom stereocenters. The Hall–Kier alpha value is -1.49. The minimum Gasteiger partial charge on any atom is -0.487 e. The summed E-state index contributed by atoms with van der Waals surface area (Å²) in [6.07, 6.45) is 0. The van der Waals surface area contributed by atoms with Crippen molar-refractivity contribution < 1.29 is 9.66 Å². The predicted octanol–water partition coefficient (Wildman–Crippen LogP) is 5.13. The molecular weight excluding hydrogens is 325 g/mol. The molecule has 104 valence electrons. The van der Waals surface area contributed by atoms with Gasteiger partial charge in [-0.2, -0.15) is 0 Å². The molecule has 0 aliphatic rings. The number of halogens is 3. The average molecular weight is 333 g/mol. The van der Waals surface area contributed by atoms with E-state index in [2.05, 4.69) is 0 Å². The van der Waals surface area contributed by atoms with Crippen molar-refractivity contribution in [1.82, 2.24) is 0 Å². The van der Waals surface area contributed by atoms with Gasteiger partial charge >= 0.3 is 0 Å². The molecule has 0 aliphatic carbocycles. The van der Waals surface area contributed by atoms with Crippen molar-refractivity contribution in [3.8, 4) is 5.75 Å². The quantitative estimate of drug-likeness (QED) is 0.576. The highest BCUT2D eigenvalue weighted by Crippen LogP contribution is 2.29. The van der Waals surface area contributed by atoms with E-state index in [1.807, 2.05) is 0 Å². The zero-order chi connectivity index (χ0) is 14.7. The molecule has 0 aromatic heterocycles. The van der Waals surface area contributed by atoms with Crippen molar-refractivity contribution in [3.05, 3.63) is 67.1 Å². The third kappa shape index (κ3) is 3.54. The lowest BCUT2D eigenvalue weighted by Gasteiger charge is -2.08. The van der Waals surface area contributed by atoms with Gasteiger partial charge in [0.2, 0.25) is 0 Å². The normalized spacial score (nSPS) is 10.3. The van der Waals surface area contributed by atoms with E-state index in [0.29, 0.717) is 21.4 Å². The van der Waals surface area contributed by atoms with Gasteiger partial charge in [-0.1, -0.05) is 40.9 Å². The first kappa shape index (κ1) is 14.9. The highest BCUT2D eigenvalue weighted by Gasteiger charge is 2.13. The predicted molar refractivity (Wildman–Crippen MR) is 78.9 cm³/mol.